The summed E-state index contributed by atoms with van der Waals surface area (Å²) in [4.78, 5) is 43.4. The average Bonchev–Trinajstić information content (AvgIpc) is 3.54. The highest BCUT2D eigenvalue weighted by Gasteiger charge is 2.50. The number of phenolic OH excluding ortho intramolecular Hbond substituents is 3. The zero-order valence-electron chi connectivity index (χ0n) is 38.5. The number of methoxy groups -OCH3 is 1. The first-order valence-corrected chi connectivity index (χ1v) is 22.4. The second-order valence-corrected chi connectivity index (χ2v) is 18.1. The van der Waals surface area contributed by atoms with Crippen molar-refractivity contribution in [3.05, 3.63) is 52.8 Å². The molecule has 6 N–H and O–H groups in total. The number of nitrogens with zero attached hydrogens (tertiary/aromatic N) is 3. The zero-order chi connectivity index (χ0) is 46.8. The van der Waals surface area contributed by atoms with E-state index < -0.39 is 88.8 Å². The molecule has 0 saturated carbocycles. The van der Waals surface area contributed by atoms with Crippen LogP contribution in [-0.4, -0.2) is 129 Å². The van der Waals surface area contributed by atoms with Crippen LogP contribution in [0.25, 0.3) is 10.8 Å². The van der Waals surface area contributed by atoms with E-state index in [1.165, 1.54) is 71.8 Å². The Bertz CT molecular complexity index is 2210. The number of fused-ring (bicyclic) bond motifs is 14. The molecule has 0 radical (unpaired) electrons. The van der Waals surface area contributed by atoms with Crippen LogP contribution in [0.15, 0.2) is 41.2 Å². The third-order valence-electron chi connectivity index (χ3n) is 13.7. The number of hydrogen-bond acceptors (Lipinski definition) is 15. The monoisotopic (exact) mass is 890 g/mol. The molecule has 1 amide bonds. The molecule has 5 aliphatic heterocycles. The van der Waals surface area contributed by atoms with Gasteiger partial charge in [0.25, 0.3) is 11.7 Å². The van der Waals surface area contributed by atoms with E-state index in [0.29, 0.717) is 19.1 Å². The smallest absolute Gasteiger partial charge is 0.312 e. The van der Waals surface area contributed by atoms with E-state index in [9.17, 15) is 39.9 Å². The second kappa shape index (κ2) is 19.9. The molecule has 2 fully saturated rings. The summed E-state index contributed by atoms with van der Waals surface area (Å²) >= 11 is 0. The molecule has 64 heavy (non-hydrogen) atoms. The highest BCUT2D eigenvalue weighted by Crippen LogP contribution is 2.55. The number of allylic oxidation sites excluding steroid dienone is 2. The van der Waals surface area contributed by atoms with E-state index in [4.69, 9.17) is 24.0 Å². The van der Waals surface area contributed by atoms with E-state index >= 15 is 0 Å². The lowest BCUT2D eigenvalue weighted by molar-refractivity contribution is -0.160. The van der Waals surface area contributed by atoms with Crippen LogP contribution in [0.1, 0.15) is 102 Å². The minimum absolute atomic E-state index is 0.0644. The van der Waals surface area contributed by atoms with Crippen LogP contribution < -0.4 is 10.1 Å². The highest BCUT2D eigenvalue weighted by molar-refractivity contribution is 6.23. The summed E-state index contributed by atoms with van der Waals surface area (Å²) < 4.78 is 23.7. The quantitative estimate of drug-likeness (QED) is 0.0873. The van der Waals surface area contributed by atoms with Gasteiger partial charge in [0.1, 0.15) is 23.4 Å². The number of carbonyl (C=O) groups excluding carboxylic acids is 3. The maximum atomic E-state index is 14.6. The van der Waals surface area contributed by atoms with Crippen molar-refractivity contribution in [2.24, 2.45) is 28.8 Å². The molecule has 16 heteroatoms. The molecule has 0 unspecified atom stereocenters. The maximum absolute atomic E-state index is 14.6. The van der Waals surface area contributed by atoms with E-state index in [-0.39, 0.29) is 44.5 Å². The van der Waals surface area contributed by atoms with Gasteiger partial charge in [0.2, 0.25) is 0 Å². The lowest BCUT2D eigenvalue weighted by Gasteiger charge is -2.39. The maximum Gasteiger partial charge on any atom is 0.312 e. The molecule has 5 aliphatic rings. The fourth-order valence-corrected chi connectivity index (χ4v) is 9.63. The number of amides is 1. The third kappa shape index (κ3) is 9.60. The number of phenols is 3. The van der Waals surface area contributed by atoms with Gasteiger partial charge in [-0.2, -0.15) is 5.10 Å². The van der Waals surface area contributed by atoms with Crippen molar-refractivity contribution in [3.63, 3.8) is 0 Å². The Morgan fingerprint density at radius 1 is 0.906 bits per heavy atom. The number of rotatable bonds is 5. The van der Waals surface area contributed by atoms with E-state index in [0.717, 1.165) is 25.9 Å². The molecule has 9 atom stereocenters. The Balaban J connectivity index is 1.46. The van der Waals surface area contributed by atoms with Gasteiger partial charge in [-0.15, -0.1) is 0 Å². The average molecular weight is 891 g/mol. The predicted octanol–water partition coefficient (Wildman–Crippen LogP) is 6.04. The van der Waals surface area contributed by atoms with Crippen molar-refractivity contribution in [2.45, 2.75) is 124 Å². The number of hydrazone groups is 1. The Hall–Kier alpha value is -5.16. The molecule has 2 aromatic carbocycles. The van der Waals surface area contributed by atoms with Crippen molar-refractivity contribution in [3.8, 4) is 23.0 Å². The van der Waals surface area contributed by atoms with E-state index in [1.54, 1.807) is 46.8 Å². The van der Waals surface area contributed by atoms with E-state index in [2.05, 4.69) is 10.2 Å². The summed E-state index contributed by atoms with van der Waals surface area (Å²) in [5, 5.41) is 67.7. The van der Waals surface area contributed by atoms with Crippen molar-refractivity contribution in [1.82, 2.24) is 9.91 Å². The number of ether oxygens (including phenoxy) is 4. The summed E-state index contributed by atoms with van der Waals surface area (Å²) in [6.07, 6.45) is 10.4. The molecular weight excluding hydrogens is 825 g/mol. The van der Waals surface area contributed by atoms with Gasteiger partial charge in [-0.05, 0) is 58.7 Å². The standard InChI is InChI=1S/C48H66N4O12/c1-25-14-13-15-26(2)47(60)50-38-33(24-49-52-21-16-32(17-22-52)51-19-11-10-12-20-51)42(57)35-36(43(38)58)41(56)30(6)45-37(35)46(59)48(8,64-45)62-23-18-34(61-9)27(3)44(63-31(7)53)29(5)40(55)28(4)39(25)54/h13-15,18,23-25,27-29,32,34,39-40,44,54-58H,10-12,16-17,19-22H2,1-9H3,(H,50,60)/b14-13+,23-18+,26-15-,49-24?/t25-,27-,28+,29-,34-,39-,40+,44+,48-/m0/s1. The lowest BCUT2D eigenvalue weighted by Crippen LogP contribution is -2.46. The Kier molecular flexibility index (Phi) is 15.0. The fraction of sp³-hybridized carbons (Fsp3) is 0.583. The first-order chi connectivity index (χ1) is 30.3. The first-order valence-electron chi connectivity index (χ1n) is 22.4. The second-order valence-electron chi connectivity index (χ2n) is 18.1. The fourth-order valence-electron chi connectivity index (χ4n) is 9.63. The Labute approximate surface area is 375 Å². The van der Waals surface area contributed by atoms with Crippen LogP contribution in [-0.2, 0) is 23.8 Å². The van der Waals surface area contributed by atoms with Crippen LogP contribution in [0.4, 0.5) is 5.69 Å². The largest absolute Gasteiger partial charge is 0.507 e. The number of likely N-dealkylation sites (tertiary alicyclic amines) is 1. The summed E-state index contributed by atoms with van der Waals surface area (Å²) in [5.41, 5.74) is -0.280. The number of aliphatic hydroxyl groups excluding tert-OH is 2. The van der Waals surface area contributed by atoms with Crippen molar-refractivity contribution >= 4 is 40.3 Å². The van der Waals surface area contributed by atoms with Gasteiger partial charge >= 0.3 is 11.8 Å². The van der Waals surface area contributed by atoms with Crippen LogP contribution in [0.5, 0.6) is 23.0 Å². The van der Waals surface area contributed by atoms with Crippen LogP contribution >= 0.6 is 0 Å². The number of nitrogens with one attached hydrogen (secondary N) is 1. The number of aliphatic hydroxyl groups is 2. The molecule has 7 rings (SSSR count). The number of carbonyl (C=O) groups is 3. The highest BCUT2D eigenvalue weighted by atomic mass is 16.7. The molecule has 5 heterocycles. The van der Waals surface area contributed by atoms with E-state index in [1.807, 2.05) is 5.01 Å². The van der Waals surface area contributed by atoms with Gasteiger partial charge in [0.05, 0.1) is 53.0 Å². The van der Waals surface area contributed by atoms with Crippen molar-refractivity contribution in [1.29, 1.82) is 0 Å². The molecule has 2 aromatic rings. The predicted molar refractivity (Wildman–Crippen MR) is 241 cm³/mol. The first kappa shape index (κ1) is 48.3. The molecule has 0 spiro atoms. The number of aromatic hydroxyl groups is 3. The third-order valence-corrected chi connectivity index (χ3v) is 13.7. The number of benzene rings is 2. The number of esters is 1. The molecule has 16 nitrogen and oxygen atoms in total. The van der Waals surface area contributed by atoms with Gasteiger partial charge in [-0.25, -0.2) is 0 Å². The van der Waals surface area contributed by atoms with Gasteiger partial charge in [-0.3, -0.25) is 19.4 Å². The van der Waals surface area contributed by atoms with Gasteiger partial charge in [0.15, 0.2) is 5.75 Å². The number of anilines is 1. The molecule has 0 aliphatic carbocycles. The molecule has 5 bridgehead atoms. The number of Topliss-reactive ketones (excluding diaryl/α,β-unsaturated/α-hetero) is 1. The van der Waals surface area contributed by atoms with Crippen molar-refractivity contribution in [2.75, 3.05) is 38.6 Å². The minimum Gasteiger partial charge on any atom is -0.507 e. The van der Waals surface area contributed by atoms with Crippen LogP contribution in [0.2, 0.25) is 0 Å². The summed E-state index contributed by atoms with van der Waals surface area (Å²) in [5.74, 6) is -8.27. The minimum atomic E-state index is -2.04. The molecule has 350 valence electrons. The Morgan fingerprint density at radius 2 is 1.58 bits per heavy atom. The number of hydrogen-bond donors (Lipinski definition) is 6. The van der Waals surface area contributed by atoms with Crippen molar-refractivity contribution < 1.29 is 58.9 Å². The SMILES string of the molecule is CO[C@H]1/C=C/O[C@@]2(C)Oc3c(C)c(O)c4c(O)c(c(C=NN5CCC(N6CCCCC6)CC5)c(O)c4c3C2=O)NC(=O)/C(C)=C\C=C\[C@H](C)[C@H](O)[C@@H](C)[C@@H](O)[C@H](C)[C@H](OC(C)=O)[C@H]1C. The van der Waals surface area contributed by atoms with Gasteiger partial charge < -0.3 is 54.7 Å². The summed E-state index contributed by atoms with van der Waals surface area (Å²) in [6.45, 7) is 16.0. The topological polar surface area (TPSA) is 220 Å². The summed E-state index contributed by atoms with van der Waals surface area (Å²) in [6, 6.07) is 0.442. The Morgan fingerprint density at radius 3 is 2.22 bits per heavy atom. The molecule has 2 saturated heterocycles. The summed E-state index contributed by atoms with van der Waals surface area (Å²) in [7, 11) is 1.44. The van der Waals surface area contributed by atoms with Crippen LogP contribution in [0, 0.1) is 30.6 Å². The number of ketones is 1. The van der Waals surface area contributed by atoms with Gasteiger partial charge in [-0.1, -0.05) is 52.3 Å². The lowest BCUT2D eigenvalue weighted by atomic mass is 9.78. The molecular formula is C48H66N4O12. The van der Waals surface area contributed by atoms with Gasteiger partial charge in [0, 0.05) is 80.3 Å². The zero-order valence-corrected chi connectivity index (χ0v) is 38.5. The number of piperidine rings is 2. The normalized spacial score (nSPS) is 32.2. The molecule has 0 aromatic heterocycles. The van der Waals surface area contributed by atoms with Crippen LogP contribution in [0.3, 0.4) is 0 Å².